The van der Waals surface area contributed by atoms with Gasteiger partial charge in [0, 0.05) is 56.2 Å². The number of amides is 1. The van der Waals surface area contributed by atoms with Crippen LogP contribution in [0.25, 0.3) is 11.5 Å². The summed E-state index contributed by atoms with van der Waals surface area (Å²) in [4.78, 5) is 31.5. The molecule has 4 rings (SSSR count). The summed E-state index contributed by atoms with van der Waals surface area (Å²) >= 11 is 0. The Balaban J connectivity index is 1.43. The summed E-state index contributed by atoms with van der Waals surface area (Å²) in [7, 11) is 1.95. The first-order valence-corrected chi connectivity index (χ1v) is 8.68. The van der Waals surface area contributed by atoms with E-state index in [9.17, 15) is 4.79 Å². The monoisotopic (exact) mass is 348 g/mol. The minimum atomic E-state index is 0.0753. The van der Waals surface area contributed by atoms with E-state index in [-0.39, 0.29) is 5.91 Å². The molecule has 0 bridgehead atoms. The Hall–Kier alpha value is -3.09. The molecule has 7 heteroatoms. The van der Waals surface area contributed by atoms with E-state index < -0.39 is 0 Å². The van der Waals surface area contributed by atoms with Crippen LogP contribution in [0.2, 0.25) is 0 Å². The second-order valence-electron chi connectivity index (χ2n) is 6.60. The third-order valence-electron chi connectivity index (χ3n) is 4.77. The summed E-state index contributed by atoms with van der Waals surface area (Å²) in [5.41, 5.74) is 2.51. The van der Waals surface area contributed by atoms with Crippen LogP contribution >= 0.6 is 0 Å². The van der Waals surface area contributed by atoms with Gasteiger partial charge in [-0.2, -0.15) is 0 Å². The molecule has 3 aromatic heterocycles. The summed E-state index contributed by atoms with van der Waals surface area (Å²) in [6, 6.07) is 5.52. The quantitative estimate of drug-likeness (QED) is 0.720. The van der Waals surface area contributed by atoms with E-state index in [1.165, 1.54) is 0 Å². The highest BCUT2D eigenvalue weighted by molar-refractivity contribution is 5.94. The molecule has 7 nitrogen and oxygen atoms in total. The van der Waals surface area contributed by atoms with Crippen molar-refractivity contribution in [3.05, 3.63) is 60.6 Å². The van der Waals surface area contributed by atoms with Gasteiger partial charge in [-0.3, -0.25) is 9.78 Å². The van der Waals surface area contributed by atoms with E-state index >= 15 is 0 Å². The van der Waals surface area contributed by atoms with Gasteiger partial charge in [0.05, 0.1) is 0 Å². The van der Waals surface area contributed by atoms with Crippen LogP contribution in [0, 0.1) is 5.92 Å². The third kappa shape index (κ3) is 3.33. The highest BCUT2D eigenvalue weighted by Gasteiger charge is 2.27. The highest BCUT2D eigenvalue weighted by Crippen LogP contribution is 2.23. The first-order valence-electron chi connectivity index (χ1n) is 8.68. The summed E-state index contributed by atoms with van der Waals surface area (Å²) < 4.78 is 1.94. The largest absolute Gasteiger partial charge is 0.338 e. The average Bonchev–Trinajstić information content (AvgIpc) is 3.31. The highest BCUT2D eigenvalue weighted by atomic mass is 16.2. The zero-order valence-corrected chi connectivity index (χ0v) is 14.6. The van der Waals surface area contributed by atoms with Gasteiger partial charge in [0.15, 0.2) is 5.82 Å². The molecule has 3 aromatic rings. The van der Waals surface area contributed by atoms with Crippen molar-refractivity contribution in [1.82, 2.24) is 29.4 Å². The maximum atomic E-state index is 12.6. The molecular weight excluding hydrogens is 328 g/mol. The van der Waals surface area contributed by atoms with Gasteiger partial charge in [0.25, 0.3) is 5.91 Å². The molecule has 4 heterocycles. The second kappa shape index (κ2) is 7.03. The Kier molecular flexibility index (Phi) is 4.43. The lowest BCUT2D eigenvalue weighted by Crippen LogP contribution is -2.29. The van der Waals surface area contributed by atoms with Crippen molar-refractivity contribution in [3.8, 4) is 11.5 Å². The number of carbonyl (C=O) groups is 1. The number of nitrogens with zero attached hydrogens (tertiary/aromatic N) is 6. The lowest BCUT2D eigenvalue weighted by Gasteiger charge is -2.16. The summed E-state index contributed by atoms with van der Waals surface area (Å²) in [5.74, 6) is 1.31. The van der Waals surface area contributed by atoms with E-state index in [1.54, 1.807) is 37.1 Å². The van der Waals surface area contributed by atoms with Crippen molar-refractivity contribution in [2.75, 3.05) is 13.1 Å². The Bertz CT molecular complexity index is 907. The predicted molar refractivity (Wildman–Crippen MR) is 96.2 cm³/mol. The number of aryl methyl sites for hydroxylation is 1. The van der Waals surface area contributed by atoms with Gasteiger partial charge < -0.3 is 9.47 Å². The molecule has 0 aliphatic carbocycles. The number of hydrogen-bond donors (Lipinski definition) is 0. The molecule has 1 aliphatic rings. The Morgan fingerprint density at radius 1 is 1.19 bits per heavy atom. The molecule has 1 aliphatic heterocycles. The number of likely N-dealkylation sites (tertiary alicyclic amines) is 1. The fourth-order valence-corrected chi connectivity index (χ4v) is 3.40. The van der Waals surface area contributed by atoms with E-state index in [1.807, 2.05) is 28.8 Å². The van der Waals surface area contributed by atoms with Crippen molar-refractivity contribution in [2.45, 2.75) is 12.8 Å². The van der Waals surface area contributed by atoms with Gasteiger partial charge in [-0.25, -0.2) is 15.0 Å². The molecule has 1 fully saturated rings. The van der Waals surface area contributed by atoms with E-state index in [2.05, 4.69) is 19.9 Å². The predicted octanol–water partition coefficient (Wildman–Crippen LogP) is 1.98. The van der Waals surface area contributed by atoms with Crippen LogP contribution in [0.1, 0.15) is 22.5 Å². The number of imidazole rings is 1. The fourth-order valence-electron chi connectivity index (χ4n) is 3.40. The summed E-state index contributed by atoms with van der Waals surface area (Å²) in [5, 5.41) is 0. The van der Waals surface area contributed by atoms with Gasteiger partial charge in [-0.15, -0.1) is 0 Å². The third-order valence-corrected chi connectivity index (χ3v) is 4.77. The molecule has 1 amide bonds. The van der Waals surface area contributed by atoms with Gasteiger partial charge in [-0.1, -0.05) is 0 Å². The van der Waals surface area contributed by atoms with Crippen molar-refractivity contribution in [1.29, 1.82) is 0 Å². The topological polar surface area (TPSA) is 76.8 Å². The van der Waals surface area contributed by atoms with Crippen molar-refractivity contribution in [2.24, 2.45) is 13.0 Å². The molecule has 0 spiro atoms. The number of aromatic nitrogens is 5. The number of rotatable bonds is 4. The van der Waals surface area contributed by atoms with E-state index in [0.29, 0.717) is 11.5 Å². The van der Waals surface area contributed by atoms with E-state index in [0.717, 1.165) is 43.1 Å². The van der Waals surface area contributed by atoms with Gasteiger partial charge in [0.2, 0.25) is 0 Å². The molecule has 0 radical (unpaired) electrons. The summed E-state index contributed by atoms with van der Waals surface area (Å²) in [6.45, 7) is 1.53. The lowest BCUT2D eigenvalue weighted by molar-refractivity contribution is 0.0787. The maximum absolute atomic E-state index is 12.6. The smallest absolute Gasteiger partial charge is 0.253 e. The van der Waals surface area contributed by atoms with Crippen LogP contribution in [-0.2, 0) is 13.5 Å². The molecule has 0 N–H and O–H groups in total. The van der Waals surface area contributed by atoms with Crippen LogP contribution in [-0.4, -0.2) is 48.4 Å². The van der Waals surface area contributed by atoms with Crippen LogP contribution in [0.5, 0.6) is 0 Å². The molecule has 1 unspecified atom stereocenters. The first kappa shape index (κ1) is 16.4. The molecular formula is C19H20N6O. The molecule has 0 saturated carbocycles. The van der Waals surface area contributed by atoms with Crippen molar-refractivity contribution < 1.29 is 4.79 Å². The van der Waals surface area contributed by atoms with Gasteiger partial charge in [-0.05, 0) is 37.0 Å². The Morgan fingerprint density at radius 2 is 2.04 bits per heavy atom. The lowest BCUT2D eigenvalue weighted by atomic mass is 10.0. The Labute approximate surface area is 151 Å². The number of hydrogen-bond acceptors (Lipinski definition) is 5. The molecule has 0 aromatic carbocycles. The summed E-state index contributed by atoms with van der Waals surface area (Å²) in [6.07, 6.45) is 10.4. The van der Waals surface area contributed by atoms with Crippen LogP contribution < -0.4 is 0 Å². The molecule has 26 heavy (non-hydrogen) atoms. The van der Waals surface area contributed by atoms with Crippen LogP contribution in [0.15, 0.2) is 49.3 Å². The molecule has 132 valence electrons. The molecule has 1 atom stereocenters. The zero-order valence-electron chi connectivity index (χ0n) is 14.6. The Morgan fingerprint density at radius 3 is 2.81 bits per heavy atom. The SMILES string of the molecule is Cn1ccnc1-c1cc(CC2CCN(C(=O)c3ccncc3)C2)ncn1. The fraction of sp³-hybridized carbons (Fsp3) is 0.316. The minimum absolute atomic E-state index is 0.0753. The van der Waals surface area contributed by atoms with Gasteiger partial charge >= 0.3 is 0 Å². The van der Waals surface area contributed by atoms with Crippen molar-refractivity contribution in [3.63, 3.8) is 0 Å². The maximum Gasteiger partial charge on any atom is 0.253 e. The zero-order chi connectivity index (χ0) is 17.9. The van der Waals surface area contributed by atoms with Crippen LogP contribution in [0.4, 0.5) is 0 Å². The van der Waals surface area contributed by atoms with E-state index in [4.69, 9.17) is 0 Å². The first-order chi connectivity index (χ1) is 12.7. The minimum Gasteiger partial charge on any atom is -0.338 e. The van der Waals surface area contributed by atoms with Crippen LogP contribution in [0.3, 0.4) is 0 Å². The molecule has 1 saturated heterocycles. The average molecular weight is 348 g/mol. The standard InChI is InChI=1S/C19H20N6O/c1-24-9-7-21-18(24)17-11-16(22-13-23-17)10-14-4-8-25(12-14)19(26)15-2-5-20-6-3-15/h2-3,5-7,9,11,13-14H,4,8,10,12H2,1H3. The normalized spacial score (nSPS) is 16.8. The van der Waals surface area contributed by atoms with Gasteiger partial charge in [0.1, 0.15) is 12.0 Å². The number of carbonyl (C=O) groups excluding carboxylic acids is 1. The second-order valence-corrected chi connectivity index (χ2v) is 6.60. The van der Waals surface area contributed by atoms with Crippen molar-refractivity contribution >= 4 is 5.91 Å². The number of pyridine rings is 1.